The fraction of sp³-hybridized carbons (Fsp3) is 0.235. The second-order valence-corrected chi connectivity index (χ2v) is 6.59. The van der Waals surface area contributed by atoms with E-state index in [0.717, 1.165) is 12.1 Å². The minimum absolute atomic E-state index is 0.0457. The number of aromatic amines is 1. The average Bonchev–Trinajstić information content (AvgIpc) is 3.06. The summed E-state index contributed by atoms with van der Waals surface area (Å²) in [5.41, 5.74) is 0.313. The van der Waals surface area contributed by atoms with E-state index in [2.05, 4.69) is 9.97 Å². The van der Waals surface area contributed by atoms with Crippen LogP contribution in [0.25, 0.3) is 10.2 Å². The Balaban J connectivity index is 1.69. The van der Waals surface area contributed by atoms with Crippen LogP contribution in [0.5, 0.6) is 5.75 Å². The SMILES string of the molecule is CC(Oc1ccc(F)c(F)c1)C(=O)N(C)Cc1nc2ccsc2c(=O)[nH]1. The van der Waals surface area contributed by atoms with E-state index in [1.165, 1.54) is 36.3 Å². The van der Waals surface area contributed by atoms with Gasteiger partial charge in [0.25, 0.3) is 11.5 Å². The molecule has 0 aliphatic carbocycles. The summed E-state index contributed by atoms with van der Waals surface area (Å²) in [4.78, 5) is 32.7. The lowest BCUT2D eigenvalue weighted by Gasteiger charge is -2.21. The van der Waals surface area contributed by atoms with Crippen molar-refractivity contribution in [1.82, 2.24) is 14.9 Å². The van der Waals surface area contributed by atoms with Gasteiger partial charge in [-0.25, -0.2) is 13.8 Å². The summed E-state index contributed by atoms with van der Waals surface area (Å²) in [6.45, 7) is 1.57. The topological polar surface area (TPSA) is 75.3 Å². The average molecular weight is 379 g/mol. The molecule has 136 valence electrons. The van der Waals surface area contributed by atoms with E-state index < -0.39 is 23.6 Å². The van der Waals surface area contributed by atoms with E-state index in [-0.39, 0.29) is 17.9 Å². The molecule has 0 radical (unpaired) electrons. The molecule has 1 unspecified atom stereocenters. The van der Waals surface area contributed by atoms with Crippen molar-refractivity contribution >= 4 is 27.5 Å². The third-order valence-electron chi connectivity index (χ3n) is 3.68. The smallest absolute Gasteiger partial charge is 0.268 e. The number of aromatic nitrogens is 2. The molecule has 1 aromatic carbocycles. The number of nitrogens with zero attached hydrogens (tertiary/aromatic N) is 2. The van der Waals surface area contributed by atoms with Crippen LogP contribution >= 0.6 is 11.3 Å². The van der Waals surface area contributed by atoms with E-state index >= 15 is 0 Å². The molecule has 0 aliphatic heterocycles. The minimum Gasteiger partial charge on any atom is -0.481 e. The van der Waals surface area contributed by atoms with Crippen LogP contribution in [0.3, 0.4) is 0 Å². The first-order valence-electron chi connectivity index (χ1n) is 7.68. The first-order chi connectivity index (χ1) is 12.3. The van der Waals surface area contributed by atoms with Crippen LogP contribution < -0.4 is 10.3 Å². The molecule has 3 rings (SSSR count). The van der Waals surface area contributed by atoms with E-state index in [9.17, 15) is 18.4 Å². The van der Waals surface area contributed by atoms with Gasteiger partial charge >= 0.3 is 0 Å². The maximum Gasteiger partial charge on any atom is 0.268 e. The third-order valence-corrected chi connectivity index (χ3v) is 4.58. The number of amides is 1. The molecule has 0 saturated heterocycles. The lowest BCUT2D eigenvalue weighted by molar-refractivity contribution is -0.137. The molecule has 1 N–H and O–H groups in total. The van der Waals surface area contributed by atoms with Crippen LogP contribution in [0.4, 0.5) is 8.78 Å². The van der Waals surface area contributed by atoms with Gasteiger partial charge in [-0.05, 0) is 30.5 Å². The fourth-order valence-electron chi connectivity index (χ4n) is 2.41. The minimum atomic E-state index is -1.05. The zero-order valence-corrected chi connectivity index (χ0v) is 14.8. The maximum atomic E-state index is 13.2. The summed E-state index contributed by atoms with van der Waals surface area (Å²) < 4.78 is 32.1. The molecule has 2 aromatic heterocycles. The van der Waals surface area contributed by atoms with Gasteiger partial charge in [0.15, 0.2) is 17.7 Å². The van der Waals surface area contributed by atoms with Crippen molar-refractivity contribution in [3.8, 4) is 5.75 Å². The predicted molar refractivity (Wildman–Crippen MR) is 93.2 cm³/mol. The number of halogens is 2. The van der Waals surface area contributed by atoms with Gasteiger partial charge in [-0.15, -0.1) is 11.3 Å². The number of hydrogen-bond acceptors (Lipinski definition) is 5. The van der Waals surface area contributed by atoms with Gasteiger partial charge in [-0.2, -0.15) is 0 Å². The Morgan fingerprint density at radius 2 is 2.12 bits per heavy atom. The number of hydrogen-bond donors (Lipinski definition) is 1. The van der Waals surface area contributed by atoms with Crippen LogP contribution in [0.1, 0.15) is 12.7 Å². The first-order valence-corrected chi connectivity index (χ1v) is 8.56. The summed E-state index contributed by atoms with van der Waals surface area (Å²) in [6, 6.07) is 4.78. The van der Waals surface area contributed by atoms with E-state index in [0.29, 0.717) is 16.0 Å². The Morgan fingerprint density at radius 3 is 2.85 bits per heavy atom. The summed E-state index contributed by atoms with van der Waals surface area (Å²) >= 11 is 1.29. The van der Waals surface area contributed by atoms with Crippen LogP contribution in [-0.4, -0.2) is 33.9 Å². The van der Waals surface area contributed by atoms with Gasteiger partial charge in [0.05, 0.1) is 12.1 Å². The number of rotatable bonds is 5. The maximum absolute atomic E-state index is 13.2. The molecule has 0 aliphatic rings. The Kier molecular flexibility index (Phi) is 4.99. The summed E-state index contributed by atoms with van der Waals surface area (Å²) in [5.74, 6) is -2.06. The monoisotopic (exact) mass is 379 g/mol. The summed E-state index contributed by atoms with van der Waals surface area (Å²) in [5, 5.41) is 1.77. The fourth-order valence-corrected chi connectivity index (χ4v) is 3.14. The van der Waals surface area contributed by atoms with Gasteiger partial charge in [-0.1, -0.05) is 0 Å². The lowest BCUT2D eigenvalue weighted by Crippen LogP contribution is -2.38. The van der Waals surface area contributed by atoms with Gasteiger partial charge in [0.2, 0.25) is 0 Å². The highest BCUT2D eigenvalue weighted by Crippen LogP contribution is 2.18. The van der Waals surface area contributed by atoms with Crippen LogP contribution in [-0.2, 0) is 11.3 Å². The highest BCUT2D eigenvalue weighted by Gasteiger charge is 2.21. The van der Waals surface area contributed by atoms with Crippen LogP contribution in [0.15, 0.2) is 34.4 Å². The second-order valence-electron chi connectivity index (χ2n) is 5.68. The van der Waals surface area contributed by atoms with Crippen LogP contribution in [0, 0.1) is 11.6 Å². The molecule has 6 nitrogen and oxygen atoms in total. The predicted octanol–water partition coefficient (Wildman–Crippen LogP) is 2.69. The molecule has 0 fully saturated rings. The van der Waals surface area contributed by atoms with Crippen molar-refractivity contribution in [2.45, 2.75) is 19.6 Å². The van der Waals surface area contributed by atoms with Crippen molar-refractivity contribution in [2.24, 2.45) is 0 Å². The van der Waals surface area contributed by atoms with Gasteiger partial charge in [-0.3, -0.25) is 9.59 Å². The van der Waals surface area contributed by atoms with Crippen molar-refractivity contribution in [3.05, 3.63) is 57.5 Å². The van der Waals surface area contributed by atoms with Gasteiger partial charge < -0.3 is 14.6 Å². The molecule has 0 spiro atoms. The van der Waals surface area contributed by atoms with Crippen molar-refractivity contribution in [1.29, 1.82) is 0 Å². The Labute approximate surface area is 151 Å². The highest BCUT2D eigenvalue weighted by molar-refractivity contribution is 7.17. The number of fused-ring (bicyclic) bond motifs is 1. The number of likely N-dealkylation sites (N-methyl/N-ethyl adjacent to an activating group) is 1. The molecule has 0 saturated carbocycles. The standard InChI is InChI=1S/C17H15F2N3O3S/c1-9(25-10-3-4-11(18)12(19)7-10)17(24)22(2)8-14-20-13-5-6-26-15(13)16(23)21-14/h3-7,9H,8H2,1-2H3,(H,20,21,23). The molecule has 1 atom stereocenters. The molecule has 2 heterocycles. The van der Waals surface area contributed by atoms with Crippen molar-refractivity contribution in [2.75, 3.05) is 7.05 Å². The van der Waals surface area contributed by atoms with Crippen molar-refractivity contribution < 1.29 is 18.3 Å². The molecule has 26 heavy (non-hydrogen) atoms. The third kappa shape index (κ3) is 3.72. The molecular formula is C17H15F2N3O3S. The lowest BCUT2D eigenvalue weighted by atomic mass is 10.3. The quantitative estimate of drug-likeness (QED) is 0.740. The molecule has 1 amide bonds. The van der Waals surface area contributed by atoms with E-state index in [4.69, 9.17) is 4.74 Å². The van der Waals surface area contributed by atoms with Crippen LogP contribution in [0.2, 0.25) is 0 Å². The summed E-state index contributed by atoms with van der Waals surface area (Å²) in [7, 11) is 1.53. The zero-order valence-electron chi connectivity index (χ0n) is 14.0. The molecule has 0 bridgehead atoms. The van der Waals surface area contributed by atoms with Crippen molar-refractivity contribution in [3.63, 3.8) is 0 Å². The Morgan fingerprint density at radius 1 is 1.35 bits per heavy atom. The molecular weight excluding hydrogens is 364 g/mol. The number of ether oxygens (including phenoxy) is 1. The number of carbonyl (C=O) groups excluding carboxylic acids is 1. The number of thiophene rings is 1. The molecule has 9 heteroatoms. The first kappa shape index (κ1) is 18.0. The number of carbonyl (C=O) groups is 1. The Bertz CT molecular complexity index is 1020. The number of benzene rings is 1. The number of nitrogens with one attached hydrogen (secondary N) is 1. The summed E-state index contributed by atoms with van der Waals surface area (Å²) in [6.07, 6.45) is -0.929. The largest absolute Gasteiger partial charge is 0.481 e. The van der Waals surface area contributed by atoms with E-state index in [1.807, 2.05) is 0 Å². The molecule has 3 aromatic rings. The zero-order chi connectivity index (χ0) is 18.8. The second kappa shape index (κ2) is 7.20. The highest BCUT2D eigenvalue weighted by atomic mass is 32.1. The normalized spacial score (nSPS) is 12.2. The van der Waals surface area contributed by atoms with Gasteiger partial charge in [0.1, 0.15) is 16.3 Å². The van der Waals surface area contributed by atoms with Gasteiger partial charge in [0, 0.05) is 13.1 Å². The number of H-pyrrole nitrogens is 1. The van der Waals surface area contributed by atoms with E-state index in [1.54, 1.807) is 11.4 Å². The Hall–Kier alpha value is -2.81.